The summed E-state index contributed by atoms with van der Waals surface area (Å²) in [5.74, 6) is 0.908. The lowest BCUT2D eigenvalue weighted by molar-refractivity contribution is 0.0767. The van der Waals surface area contributed by atoms with Crippen molar-refractivity contribution in [2.45, 2.75) is 20.3 Å². The number of amides is 1. The molecule has 2 heterocycles. The first kappa shape index (κ1) is 15.1. The fourth-order valence-corrected chi connectivity index (χ4v) is 2.12. The molecule has 2 rings (SSSR count). The summed E-state index contributed by atoms with van der Waals surface area (Å²) in [5, 5.41) is 3.28. The first-order valence-corrected chi connectivity index (χ1v) is 7.26. The number of carbonyl (C=O) groups is 1. The van der Waals surface area contributed by atoms with Crippen LogP contribution in [0.25, 0.3) is 0 Å². The SMILES string of the molecule is CCN(CC)C(=O)c1cc(NCCc2ccco2)ccn1. The second-order valence-corrected chi connectivity index (χ2v) is 4.66. The van der Waals surface area contributed by atoms with Gasteiger partial charge in [-0.1, -0.05) is 0 Å². The fourth-order valence-electron chi connectivity index (χ4n) is 2.12. The second-order valence-electron chi connectivity index (χ2n) is 4.66. The molecule has 5 heteroatoms. The second kappa shape index (κ2) is 7.47. The molecule has 0 unspecified atom stereocenters. The van der Waals surface area contributed by atoms with Crippen LogP contribution in [0.4, 0.5) is 5.69 Å². The number of hydrogen-bond acceptors (Lipinski definition) is 4. The Morgan fingerprint density at radius 1 is 1.33 bits per heavy atom. The first-order valence-electron chi connectivity index (χ1n) is 7.26. The van der Waals surface area contributed by atoms with E-state index in [9.17, 15) is 4.79 Å². The topological polar surface area (TPSA) is 58.4 Å². The molecule has 0 saturated heterocycles. The minimum Gasteiger partial charge on any atom is -0.469 e. The van der Waals surface area contributed by atoms with Crippen LogP contribution in [0.2, 0.25) is 0 Å². The maximum absolute atomic E-state index is 12.2. The quantitative estimate of drug-likeness (QED) is 0.850. The van der Waals surface area contributed by atoms with Crippen molar-refractivity contribution >= 4 is 11.6 Å². The summed E-state index contributed by atoms with van der Waals surface area (Å²) in [6.07, 6.45) is 4.13. The van der Waals surface area contributed by atoms with Gasteiger partial charge in [0.1, 0.15) is 11.5 Å². The molecule has 0 fully saturated rings. The Labute approximate surface area is 125 Å². The Hall–Kier alpha value is -2.30. The molecule has 0 radical (unpaired) electrons. The number of hydrogen-bond donors (Lipinski definition) is 1. The van der Waals surface area contributed by atoms with Crippen LogP contribution < -0.4 is 5.32 Å². The molecule has 21 heavy (non-hydrogen) atoms. The molecule has 0 aliphatic rings. The predicted molar refractivity (Wildman–Crippen MR) is 82.4 cm³/mol. The van der Waals surface area contributed by atoms with Crippen LogP contribution in [0.15, 0.2) is 41.1 Å². The van der Waals surface area contributed by atoms with Crippen molar-refractivity contribution in [2.24, 2.45) is 0 Å². The van der Waals surface area contributed by atoms with Gasteiger partial charge < -0.3 is 14.6 Å². The molecule has 0 aliphatic heterocycles. The summed E-state index contributed by atoms with van der Waals surface area (Å²) in [7, 11) is 0. The summed E-state index contributed by atoms with van der Waals surface area (Å²) >= 11 is 0. The number of rotatable bonds is 7. The van der Waals surface area contributed by atoms with Gasteiger partial charge >= 0.3 is 0 Å². The summed E-state index contributed by atoms with van der Waals surface area (Å²) in [5.41, 5.74) is 1.37. The van der Waals surface area contributed by atoms with Crippen LogP contribution in [0, 0.1) is 0 Å². The number of pyridine rings is 1. The third kappa shape index (κ3) is 4.08. The van der Waals surface area contributed by atoms with Crippen LogP contribution >= 0.6 is 0 Å². The molecular formula is C16H21N3O2. The van der Waals surface area contributed by atoms with Gasteiger partial charge in [-0.2, -0.15) is 0 Å². The van der Waals surface area contributed by atoms with E-state index in [4.69, 9.17) is 4.42 Å². The number of nitrogens with zero attached hydrogens (tertiary/aromatic N) is 2. The molecule has 0 aliphatic carbocycles. The molecule has 0 aromatic carbocycles. The van der Waals surface area contributed by atoms with Crippen LogP contribution in [-0.4, -0.2) is 35.4 Å². The van der Waals surface area contributed by atoms with E-state index in [1.807, 2.05) is 32.0 Å². The van der Waals surface area contributed by atoms with Gasteiger partial charge in [0.2, 0.25) is 0 Å². The minimum atomic E-state index is -0.0327. The Morgan fingerprint density at radius 2 is 2.14 bits per heavy atom. The van der Waals surface area contributed by atoms with Crippen LogP contribution in [-0.2, 0) is 6.42 Å². The molecule has 2 aromatic rings. The first-order chi connectivity index (χ1) is 10.2. The molecule has 1 N–H and O–H groups in total. The molecule has 1 amide bonds. The average molecular weight is 287 g/mol. The van der Waals surface area contributed by atoms with Gasteiger partial charge in [-0.05, 0) is 38.1 Å². The van der Waals surface area contributed by atoms with E-state index in [1.165, 1.54) is 0 Å². The van der Waals surface area contributed by atoms with E-state index in [0.717, 1.165) is 24.4 Å². The van der Waals surface area contributed by atoms with Crippen LogP contribution in [0.3, 0.4) is 0 Å². The summed E-state index contributed by atoms with van der Waals surface area (Å²) < 4.78 is 5.28. The highest BCUT2D eigenvalue weighted by Crippen LogP contribution is 2.11. The Morgan fingerprint density at radius 3 is 2.81 bits per heavy atom. The molecular weight excluding hydrogens is 266 g/mol. The fraction of sp³-hybridized carbons (Fsp3) is 0.375. The van der Waals surface area contributed by atoms with Crippen molar-refractivity contribution in [2.75, 3.05) is 25.0 Å². The number of carbonyl (C=O) groups excluding carboxylic acids is 1. The molecule has 5 nitrogen and oxygen atoms in total. The minimum absolute atomic E-state index is 0.0327. The van der Waals surface area contributed by atoms with Crippen molar-refractivity contribution in [3.05, 3.63) is 48.2 Å². The molecule has 112 valence electrons. The van der Waals surface area contributed by atoms with Crippen molar-refractivity contribution < 1.29 is 9.21 Å². The third-order valence-electron chi connectivity index (χ3n) is 3.31. The van der Waals surface area contributed by atoms with Crippen molar-refractivity contribution in [1.82, 2.24) is 9.88 Å². The zero-order valence-electron chi connectivity index (χ0n) is 12.5. The van der Waals surface area contributed by atoms with Crippen LogP contribution in [0.5, 0.6) is 0 Å². The van der Waals surface area contributed by atoms with Gasteiger partial charge in [0.05, 0.1) is 6.26 Å². The molecule has 0 atom stereocenters. The van der Waals surface area contributed by atoms with Gasteiger partial charge in [0.15, 0.2) is 0 Å². The van der Waals surface area contributed by atoms with E-state index in [1.54, 1.807) is 23.4 Å². The molecule has 0 bridgehead atoms. The highest BCUT2D eigenvalue weighted by atomic mass is 16.3. The largest absolute Gasteiger partial charge is 0.469 e. The molecule has 0 spiro atoms. The van der Waals surface area contributed by atoms with Gasteiger partial charge in [-0.25, -0.2) is 0 Å². The summed E-state index contributed by atoms with van der Waals surface area (Å²) in [4.78, 5) is 18.2. The van der Waals surface area contributed by atoms with E-state index in [0.29, 0.717) is 18.8 Å². The van der Waals surface area contributed by atoms with E-state index >= 15 is 0 Å². The summed E-state index contributed by atoms with van der Waals surface area (Å²) in [6.45, 7) is 6.05. The third-order valence-corrected chi connectivity index (χ3v) is 3.31. The zero-order chi connectivity index (χ0) is 15.1. The zero-order valence-corrected chi connectivity index (χ0v) is 12.5. The predicted octanol–water partition coefficient (Wildman–Crippen LogP) is 2.81. The van der Waals surface area contributed by atoms with Crippen molar-refractivity contribution in [1.29, 1.82) is 0 Å². The van der Waals surface area contributed by atoms with Gasteiger partial charge in [0.25, 0.3) is 5.91 Å². The Kier molecular flexibility index (Phi) is 5.37. The van der Waals surface area contributed by atoms with Gasteiger partial charge in [-0.15, -0.1) is 0 Å². The van der Waals surface area contributed by atoms with Gasteiger partial charge in [-0.3, -0.25) is 9.78 Å². The van der Waals surface area contributed by atoms with E-state index in [-0.39, 0.29) is 5.91 Å². The Balaban J connectivity index is 1.95. The lowest BCUT2D eigenvalue weighted by atomic mass is 10.2. The average Bonchev–Trinajstić information content (AvgIpc) is 3.02. The smallest absolute Gasteiger partial charge is 0.272 e. The monoisotopic (exact) mass is 287 g/mol. The number of anilines is 1. The van der Waals surface area contributed by atoms with Gasteiger partial charge in [0, 0.05) is 37.9 Å². The van der Waals surface area contributed by atoms with Crippen molar-refractivity contribution in [3.8, 4) is 0 Å². The maximum Gasteiger partial charge on any atom is 0.272 e. The molecule has 0 saturated carbocycles. The number of aromatic nitrogens is 1. The standard InChI is InChI=1S/C16H21N3O2/c1-3-19(4-2)16(20)15-12-13(7-9-18-15)17-10-8-14-6-5-11-21-14/h5-7,9,11-12H,3-4,8,10H2,1-2H3,(H,17,18). The highest BCUT2D eigenvalue weighted by Gasteiger charge is 2.13. The highest BCUT2D eigenvalue weighted by molar-refractivity contribution is 5.93. The van der Waals surface area contributed by atoms with Crippen molar-refractivity contribution in [3.63, 3.8) is 0 Å². The van der Waals surface area contributed by atoms with E-state index in [2.05, 4.69) is 10.3 Å². The number of nitrogens with one attached hydrogen (secondary N) is 1. The lowest BCUT2D eigenvalue weighted by Crippen LogP contribution is -2.31. The van der Waals surface area contributed by atoms with Crippen LogP contribution in [0.1, 0.15) is 30.1 Å². The summed E-state index contributed by atoms with van der Waals surface area (Å²) in [6, 6.07) is 7.48. The normalized spacial score (nSPS) is 10.4. The van der Waals surface area contributed by atoms with E-state index < -0.39 is 0 Å². The number of furan rings is 1. The maximum atomic E-state index is 12.2. The molecule has 2 aromatic heterocycles. The lowest BCUT2D eigenvalue weighted by Gasteiger charge is -2.18. The Bertz CT molecular complexity index is 563.